The molecule has 0 saturated heterocycles. The van der Waals surface area contributed by atoms with E-state index in [0.29, 0.717) is 6.54 Å². The van der Waals surface area contributed by atoms with Gasteiger partial charge in [-0.2, -0.15) is 0 Å². The number of carboxylic acid groups (broad SMARTS) is 1. The van der Waals surface area contributed by atoms with E-state index in [9.17, 15) is 9.59 Å². The number of fused-ring (bicyclic) bond motifs is 1. The number of aliphatic carboxylic acids is 1. The van der Waals surface area contributed by atoms with Crippen LogP contribution in [0, 0.1) is 5.92 Å². The van der Waals surface area contributed by atoms with Gasteiger partial charge in [0.25, 0.3) is 0 Å². The summed E-state index contributed by atoms with van der Waals surface area (Å²) >= 11 is 0. The second-order valence-electron chi connectivity index (χ2n) is 5.03. The predicted molar refractivity (Wildman–Crippen MR) is 71.8 cm³/mol. The highest BCUT2D eigenvalue weighted by molar-refractivity contribution is 5.84. The quantitative estimate of drug-likeness (QED) is 0.878. The van der Waals surface area contributed by atoms with Crippen LogP contribution in [0.4, 0.5) is 0 Å². The summed E-state index contributed by atoms with van der Waals surface area (Å²) in [7, 11) is 0. The minimum absolute atomic E-state index is 0.0274. The van der Waals surface area contributed by atoms with Crippen molar-refractivity contribution in [1.29, 1.82) is 0 Å². The van der Waals surface area contributed by atoms with Gasteiger partial charge >= 0.3 is 5.97 Å². The lowest BCUT2D eigenvalue weighted by Gasteiger charge is -2.23. The molecule has 0 aromatic heterocycles. The van der Waals surface area contributed by atoms with Crippen molar-refractivity contribution >= 4 is 11.9 Å². The van der Waals surface area contributed by atoms with Gasteiger partial charge in [-0.05, 0) is 30.4 Å². The van der Waals surface area contributed by atoms with Gasteiger partial charge < -0.3 is 10.0 Å². The molecule has 4 nitrogen and oxygen atoms in total. The van der Waals surface area contributed by atoms with Crippen molar-refractivity contribution in [3.05, 3.63) is 35.4 Å². The molecule has 4 heteroatoms. The van der Waals surface area contributed by atoms with E-state index in [-0.39, 0.29) is 18.4 Å². The maximum atomic E-state index is 12.4. The predicted octanol–water partition coefficient (Wildman–Crippen LogP) is 1.72. The van der Waals surface area contributed by atoms with Gasteiger partial charge in [0, 0.05) is 12.5 Å². The van der Waals surface area contributed by atoms with Crippen molar-refractivity contribution in [2.45, 2.75) is 26.2 Å². The first-order valence-electron chi connectivity index (χ1n) is 6.69. The van der Waals surface area contributed by atoms with Gasteiger partial charge in [-0.3, -0.25) is 9.59 Å². The van der Waals surface area contributed by atoms with Crippen molar-refractivity contribution in [3.63, 3.8) is 0 Å². The zero-order valence-electron chi connectivity index (χ0n) is 11.1. The Morgan fingerprint density at radius 2 is 1.84 bits per heavy atom. The van der Waals surface area contributed by atoms with Crippen LogP contribution in [0.3, 0.4) is 0 Å². The number of carbonyl (C=O) groups excluding carboxylic acids is 1. The summed E-state index contributed by atoms with van der Waals surface area (Å²) in [5, 5.41) is 8.88. The van der Waals surface area contributed by atoms with E-state index in [1.165, 1.54) is 16.0 Å². The van der Waals surface area contributed by atoms with Gasteiger partial charge in [0.2, 0.25) is 5.91 Å². The minimum Gasteiger partial charge on any atom is -0.480 e. The molecular formula is C15H19NO3. The number of rotatable bonds is 5. The Labute approximate surface area is 113 Å². The normalized spacial score (nSPS) is 14.2. The Bertz CT molecular complexity index is 459. The van der Waals surface area contributed by atoms with Crippen molar-refractivity contribution in [1.82, 2.24) is 4.90 Å². The zero-order valence-corrected chi connectivity index (χ0v) is 11.1. The number of amides is 1. The van der Waals surface area contributed by atoms with E-state index in [0.717, 1.165) is 19.3 Å². The van der Waals surface area contributed by atoms with Crippen LogP contribution < -0.4 is 0 Å². The molecule has 0 radical (unpaired) electrons. The van der Waals surface area contributed by atoms with E-state index in [1.54, 1.807) is 0 Å². The molecule has 1 amide bonds. The van der Waals surface area contributed by atoms with Crippen molar-refractivity contribution < 1.29 is 14.7 Å². The van der Waals surface area contributed by atoms with Crippen LogP contribution in [0.15, 0.2) is 24.3 Å². The van der Waals surface area contributed by atoms with Crippen molar-refractivity contribution in [2.75, 3.05) is 13.1 Å². The lowest BCUT2D eigenvalue weighted by atomic mass is 10.0. The second-order valence-corrected chi connectivity index (χ2v) is 5.03. The lowest BCUT2D eigenvalue weighted by Crippen LogP contribution is -2.40. The van der Waals surface area contributed by atoms with Crippen LogP contribution in [0.5, 0.6) is 0 Å². The fraction of sp³-hybridized carbons (Fsp3) is 0.467. The highest BCUT2D eigenvalue weighted by Gasteiger charge is 2.30. The van der Waals surface area contributed by atoms with Crippen LogP contribution in [-0.2, 0) is 22.4 Å². The van der Waals surface area contributed by atoms with Gasteiger partial charge in [-0.15, -0.1) is 0 Å². The SMILES string of the molecule is CCCN(CC(=O)O)C(=O)C1Cc2ccccc2C1. The Balaban J connectivity index is 2.06. The number of hydrogen-bond acceptors (Lipinski definition) is 2. The summed E-state index contributed by atoms with van der Waals surface area (Å²) in [5.41, 5.74) is 2.43. The first kappa shape index (κ1) is 13.6. The number of nitrogens with zero attached hydrogens (tertiary/aromatic N) is 1. The molecule has 0 spiro atoms. The molecule has 0 atom stereocenters. The average Bonchev–Trinajstić information content (AvgIpc) is 2.80. The molecule has 0 unspecified atom stereocenters. The van der Waals surface area contributed by atoms with Gasteiger partial charge in [-0.1, -0.05) is 31.2 Å². The summed E-state index contributed by atoms with van der Waals surface area (Å²) < 4.78 is 0. The molecule has 2 rings (SSSR count). The fourth-order valence-corrected chi connectivity index (χ4v) is 2.69. The summed E-state index contributed by atoms with van der Waals surface area (Å²) in [6, 6.07) is 8.05. The summed E-state index contributed by atoms with van der Waals surface area (Å²) in [5.74, 6) is -1.07. The van der Waals surface area contributed by atoms with Gasteiger partial charge in [-0.25, -0.2) is 0 Å². The Hall–Kier alpha value is -1.84. The summed E-state index contributed by atoms with van der Waals surface area (Å²) in [4.78, 5) is 24.7. The highest BCUT2D eigenvalue weighted by atomic mass is 16.4. The molecule has 1 N–H and O–H groups in total. The van der Waals surface area contributed by atoms with E-state index < -0.39 is 5.97 Å². The Morgan fingerprint density at radius 3 is 2.32 bits per heavy atom. The smallest absolute Gasteiger partial charge is 0.323 e. The third-order valence-corrected chi connectivity index (χ3v) is 3.53. The van der Waals surface area contributed by atoms with Gasteiger partial charge in [0.05, 0.1) is 0 Å². The second kappa shape index (κ2) is 5.87. The third kappa shape index (κ3) is 3.13. The van der Waals surface area contributed by atoms with Crippen molar-refractivity contribution in [3.8, 4) is 0 Å². The molecule has 19 heavy (non-hydrogen) atoms. The molecule has 0 saturated carbocycles. The zero-order chi connectivity index (χ0) is 13.8. The summed E-state index contributed by atoms with van der Waals surface area (Å²) in [6.45, 7) is 2.27. The van der Waals surface area contributed by atoms with Crippen molar-refractivity contribution in [2.24, 2.45) is 5.92 Å². The average molecular weight is 261 g/mol. The van der Waals surface area contributed by atoms with Crippen LogP contribution in [0.1, 0.15) is 24.5 Å². The van der Waals surface area contributed by atoms with E-state index in [1.807, 2.05) is 31.2 Å². The molecule has 1 aromatic carbocycles. The monoisotopic (exact) mass is 261 g/mol. The van der Waals surface area contributed by atoms with E-state index >= 15 is 0 Å². The molecule has 1 aromatic rings. The fourth-order valence-electron chi connectivity index (χ4n) is 2.69. The molecule has 1 aliphatic rings. The molecule has 0 aliphatic heterocycles. The number of carboxylic acids is 1. The minimum atomic E-state index is -0.947. The standard InChI is InChI=1S/C15H19NO3/c1-2-7-16(10-14(17)18)15(19)13-8-11-5-3-4-6-12(11)9-13/h3-6,13H,2,7-10H2,1H3,(H,17,18). The number of benzene rings is 1. The van der Waals surface area contributed by atoms with E-state index in [4.69, 9.17) is 5.11 Å². The number of hydrogen-bond donors (Lipinski definition) is 1. The molecule has 102 valence electrons. The maximum absolute atomic E-state index is 12.4. The highest BCUT2D eigenvalue weighted by Crippen LogP contribution is 2.27. The molecule has 1 aliphatic carbocycles. The lowest BCUT2D eigenvalue weighted by molar-refractivity contribution is -0.146. The Morgan fingerprint density at radius 1 is 1.26 bits per heavy atom. The number of carbonyl (C=O) groups is 2. The molecule has 0 bridgehead atoms. The van der Waals surface area contributed by atoms with Crippen LogP contribution >= 0.6 is 0 Å². The topological polar surface area (TPSA) is 57.6 Å². The summed E-state index contributed by atoms with van der Waals surface area (Å²) in [6.07, 6.45) is 2.24. The van der Waals surface area contributed by atoms with Crippen LogP contribution in [0.2, 0.25) is 0 Å². The van der Waals surface area contributed by atoms with Crippen LogP contribution in [0.25, 0.3) is 0 Å². The first-order valence-corrected chi connectivity index (χ1v) is 6.69. The van der Waals surface area contributed by atoms with Gasteiger partial charge in [0.15, 0.2) is 0 Å². The van der Waals surface area contributed by atoms with E-state index in [2.05, 4.69) is 0 Å². The Kier molecular flexibility index (Phi) is 4.20. The molecular weight excluding hydrogens is 242 g/mol. The first-order chi connectivity index (χ1) is 9.11. The molecule has 0 heterocycles. The largest absolute Gasteiger partial charge is 0.480 e. The van der Waals surface area contributed by atoms with Crippen LogP contribution in [-0.4, -0.2) is 35.0 Å². The third-order valence-electron chi connectivity index (χ3n) is 3.53. The van der Waals surface area contributed by atoms with Gasteiger partial charge in [0.1, 0.15) is 6.54 Å². The maximum Gasteiger partial charge on any atom is 0.323 e. The molecule has 0 fully saturated rings.